The predicted molar refractivity (Wildman–Crippen MR) is 67.2 cm³/mol. The molecular formula is C11H11N5S. The zero-order valence-corrected chi connectivity index (χ0v) is 10.1. The average Bonchev–Trinajstić information content (AvgIpc) is 2.85. The number of pyridine rings is 1. The van der Waals surface area contributed by atoms with Crippen LogP contribution >= 0.6 is 12.2 Å². The summed E-state index contributed by atoms with van der Waals surface area (Å²) in [6.07, 6.45) is 5.34. The van der Waals surface area contributed by atoms with Gasteiger partial charge in [-0.05, 0) is 24.4 Å². The second-order valence-electron chi connectivity index (χ2n) is 3.86. The average molecular weight is 245 g/mol. The monoisotopic (exact) mass is 245 g/mol. The van der Waals surface area contributed by atoms with E-state index >= 15 is 0 Å². The summed E-state index contributed by atoms with van der Waals surface area (Å²) in [5.74, 6) is 0. The lowest BCUT2D eigenvalue weighted by Gasteiger charge is -2.04. The van der Waals surface area contributed by atoms with Gasteiger partial charge in [0.05, 0.1) is 29.5 Å². The Hall–Kier alpha value is -1.95. The van der Waals surface area contributed by atoms with Gasteiger partial charge in [0.15, 0.2) is 4.77 Å². The van der Waals surface area contributed by atoms with Crippen LogP contribution in [0.1, 0.15) is 5.69 Å². The first kappa shape index (κ1) is 10.2. The van der Waals surface area contributed by atoms with Crippen molar-refractivity contribution in [3.05, 3.63) is 41.2 Å². The summed E-state index contributed by atoms with van der Waals surface area (Å²) < 4.78 is 4.60. The van der Waals surface area contributed by atoms with Crippen LogP contribution in [0.15, 0.2) is 30.7 Å². The molecule has 0 saturated carbocycles. The van der Waals surface area contributed by atoms with E-state index in [1.165, 1.54) is 0 Å². The van der Waals surface area contributed by atoms with Crippen molar-refractivity contribution < 1.29 is 0 Å². The molecular weight excluding hydrogens is 234 g/mol. The van der Waals surface area contributed by atoms with Crippen LogP contribution < -0.4 is 0 Å². The fraction of sp³-hybridized carbons (Fsp3) is 0.182. The van der Waals surface area contributed by atoms with Gasteiger partial charge in [-0.3, -0.25) is 9.67 Å². The summed E-state index contributed by atoms with van der Waals surface area (Å²) in [6.45, 7) is 0.708. The number of aromatic amines is 1. The molecule has 1 N–H and O–H groups in total. The van der Waals surface area contributed by atoms with Crippen molar-refractivity contribution in [2.45, 2.75) is 6.54 Å². The lowest BCUT2D eigenvalue weighted by molar-refractivity contribution is 0.671. The second kappa shape index (κ2) is 3.81. The van der Waals surface area contributed by atoms with Crippen molar-refractivity contribution in [2.75, 3.05) is 0 Å². The van der Waals surface area contributed by atoms with Gasteiger partial charge in [0.2, 0.25) is 0 Å². The van der Waals surface area contributed by atoms with Crippen LogP contribution in [0.3, 0.4) is 0 Å². The maximum Gasteiger partial charge on any atom is 0.178 e. The first-order chi connectivity index (χ1) is 8.25. The van der Waals surface area contributed by atoms with Gasteiger partial charge < -0.3 is 9.55 Å². The molecule has 0 aromatic carbocycles. The normalized spacial score (nSPS) is 11.1. The third-order valence-electron chi connectivity index (χ3n) is 2.82. The van der Waals surface area contributed by atoms with Crippen LogP contribution in [0.25, 0.3) is 11.0 Å². The fourth-order valence-corrected chi connectivity index (χ4v) is 2.16. The second-order valence-corrected chi connectivity index (χ2v) is 4.24. The number of aryl methyl sites for hydroxylation is 1. The zero-order valence-electron chi connectivity index (χ0n) is 9.29. The highest BCUT2D eigenvalue weighted by molar-refractivity contribution is 7.71. The van der Waals surface area contributed by atoms with E-state index in [1.807, 2.05) is 28.4 Å². The molecule has 6 heteroatoms. The van der Waals surface area contributed by atoms with E-state index in [1.54, 1.807) is 18.6 Å². The molecule has 0 unspecified atom stereocenters. The van der Waals surface area contributed by atoms with E-state index in [0.717, 1.165) is 16.7 Å². The SMILES string of the molecule is Cn1nccc1Cn1c(=S)[nH]c2cnccc21. The van der Waals surface area contributed by atoms with Crippen LogP contribution in [-0.4, -0.2) is 24.3 Å². The van der Waals surface area contributed by atoms with E-state index in [4.69, 9.17) is 12.2 Å². The van der Waals surface area contributed by atoms with Crippen LogP contribution in [0.5, 0.6) is 0 Å². The topological polar surface area (TPSA) is 51.4 Å². The Morgan fingerprint density at radius 3 is 3.00 bits per heavy atom. The Balaban J connectivity index is 2.15. The van der Waals surface area contributed by atoms with Crippen LogP contribution in [0, 0.1) is 4.77 Å². The van der Waals surface area contributed by atoms with E-state index in [2.05, 4.69) is 15.1 Å². The highest BCUT2D eigenvalue weighted by atomic mass is 32.1. The first-order valence-electron chi connectivity index (χ1n) is 5.25. The quantitative estimate of drug-likeness (QED) is 0.701. The molecule has 5 nitrogen and oxygen atoms in total. The van der Waals surface area contributed by atoms with Gasteiger partial charge in [-0.25, -0.2) is 0 Å². The fourth-order valence-electron chi connectivity index (χ4n) is 1.89. The highest BCUT2D eigenvalue weighted by Crippen LogP contribution is 2.14. The van der Waals surface area contributed by atoms with E-state index < -0.39 is 0 Å². The van der Waals surface area contributed by atoms with E-state index in [-0.39, 0.29) is 0 Å². The van der Waals surface area contributed by atoms with Crippen molar-refractivity contribution in [3.8, 4) is 0 Å². The minimum absolute atomic E-state index is 0.703. The molecule has 0 spiro atoms. The minimum Gasteiger partial charge on any atom is -0.329 e. The number of H-pyrrole nitrogens is 1. The molecule has 0 aliphatic rings. The van der Waals surface area contributed by atoms with Gasteiger partial charge >= 0.3 is 0 Å². The largest absolute Gasteiger partial charge is 0.329 e. The predicted octanol–water partition coefficient (Wildman–Crippen LogP) is 1.88. The lowest BCUT2D eigenvalue weighted by atomic mass is 10.4. The van der Waals surface area contributed by atoms with Crippen molar-refractivity contribution in [2.24, 2.45) is 7.05 Å². The summed E-state index contributed by atoms with van der Waals surface area (Å²) >= 11 is 5.32. The van der Waals surface area contributed by atoms with Gasteiger partial charge in [0.25, 0.3) is 0 Å². The molecule has 0 fully saturated rings. The summed E-state index contributed by atoms with van der Waals surface area (Å²) in [4.78, 5) is 7.22. The molecule has 3 aromatic heterocycles. The van der Waals surface area contributed by atoms with Crippen molar-refractivity contribution in [3.63, 3.8) is 0 Å². The third-order valence-corrected chi connectivity index (χ3v) is 3.14. The van der Waals surface area contributed by atoms with Gasteiger partial charge in [0, 0.05) is 19.4 Å². The summed E-state index contributed by atoms with van der Waals surface area (Å²) in [6, 6.07) is 3.94. The van der Waals surface area contributed by atoms with Crippen molar-refractivity contribution in [1.82, 2.24) is 24.3 Å². The molecule has 0 bridgehead atoms. The van der Waals surface area contributed by atoms with E-state index in [0.29, 0.717) is 11.3 Å². The molecule has 3 heterocycles. The van der Waals surface area contributed by atoms with Crippen molar-refractivity contribution in [1.29, 1.82) is 0 Å². The number of rotatable bonds is 2. The highest BCUT2D eigenvalue weighted by Gasteiger charge is 2.06. The number of imidazole rings is 1. The number of hydrogen-bond acceptors (Lipinski definition) is 3. The number of fused-ring (bicyclic) bond motifs is 1. The molecule has 0 aliphatic carbocycles. The number of nitrogens with zero attached hydrogens (tertiary/aromatic N) is 4. The Kier molecular flexibility index (Phi) is 2.29. The minimum atomic E-state index is 0.703. The number of hydrogen-bond donors (Lipinski definition) is 1. The lowest BCUT2D eigenvalue weighted by Crippen LogP contribution is -2.05. The number of nitrogens with one attached hydrogen (secondary N) is 1. The molecule has 0 atom stereocenters. The molecule has 3 aromatic rings. The van der Waals surface area contributed by atoms with Gasteiger partial charge in [0.1, 0.15) is 0 Å². The maximum atomic E-state index is 5.32. The molecule has 17 heavy (non-hydrogen) atoms. The smallest absolute Gasteiger partial charge is 0.178 e. The Morgan fingerprint density at radius 2 is 2.24 bits per heavy atom. The van der Waals surface area contributed by atoms with Crippen molar-refractivity contribution >= 4 is 23.3 Å². The summed E-state index contributed by atoms with van der Waals surface area (Å²) in [7, 11) is 1.93. The Bertz CT molecular complexity index is 721. The standard InChI is InChI=1S/C11H11N5S/c1-15-8(2-5-13-15)7-16-10-3-4-12-6-9(10)14-11(16)17/h2-6H,7H2,1H3,(H,14,17). The Labute approximate surface area is 103 Å². The summed E-state index contributed by atoms with van der Waals surface area (Å²) in [5, 5.41) is 4.15. The molecule has 0 aliphatic heterocycles. The molecule has 0 saturated heterocycles. The molecule has 3 rings (SSSR count). The molecule has 0 radical (unpaired) electrons. The summed E-state index contributed by atoms with van der Waals surface area (Å²) in [5.41, 5.74) is 3.13. The molecule has 86 valence electrons. The van der Waals surface area contributed by atoms with Crippen LogP contribution in [-0.2, 0) is 13.6 Å². The number of aromatic nitrogens is 5. The van der Waals surface area contributed by atoms with Gasteiger partial charge in [-0.1, -0.05) is 0 Å². The maximum absolute atomic E-state index is 5.32. The molecule has 0 amide bonds. The van der Waals surface area contributed by atoms with Crippen LogP contribution in [0.4, 0.5) is 0 Å². The van der Waals surface area contributed by atoms with Gasteiger partial charge in [-0.2, -0.15) is 5.10 Å². The Morgan fingerprint density at radius 1 is 1.35 bits per heavy atom. The zero-order chi connectivity index (χ0) is 11.8. The third kappa shape index (κ3) is 1.66. The first-order valence-corrected chi connectivity index (χ1v) is 5.66. The van der Waals surface area contributed by atoms with Crippen LogP contribution in [0.2, 0.25) is 0 Å². The van der Waals surface area contributed by atoms with Gasteiger partial charge in [-0.15, -0.1) is 0 Å². The van der Waals surface area contributed by atoms with E-state index in [9.17, 15) is 0 Å².